The van der Waals surface area contributed by atoms with Gasteiger partial charge in [-0.2, -0.15) is 0 Å². The quantitative estimate of drug-likeness (QED) is 0.443. The minimum atomic E-state index is -1.22. The standard InChI is InChI=1S/C15H20OSi/c1-13(9-8-12-17(2,3)4)15(16)14-10-6-5-7-11-14/h5-7,9-13H,1-4H3/t8?,13-/m0/s1. The Morgan fingerprint density at radius 2 is 1.82 bits per heavy atom. The molecular weight excluding hydrogens is 224 g/mol. The number of hydrogen-bond donors (Lipinski definition) is 0. The van der Waals surface area contributed by atoms with Crippen LogP contribution in [0.3, 0.4) is 0 Å². The molecule has 1 aromatic carbocycles. The summed E-state index contributed by atoms with van der Waals surface area (Å²) in [5.74, 6) is 0.0482. The molecule has 0 unspecified atom stereocenters. The van der Waals surface area contributed by atoms with Crippen LogP contribution < -0.4 is 0 Å². The van der Waals surface area contributed by atoms with Crippen LogP contribution in [0.5, 0.6) is 0 Å². The second-order valence-electron chi connectivity index (χ2n) is 5.36. The Labute approximate surface area is 105 Å². The highest BCUT2D eigenvalue weighted by Gasteiger charge is 2.11. The number of hydrogen-bond acceptors (Lipinski definition) is 1. The van der Waals surface area contributed by atoms with E-state index in [1.54, 1.807) is 0 Å². The Morgan fingerprint density at radius 3 is 2.35 bits per heavy atom. The number of allylic oxidation sites excluding steroid dienone is 1. The number of carbonyl (C=O) groups excluding carboxylic acids is 1. The summed E-state index contributed by atoms with van der Waals surface area (Å²) >= 11 is 0. The van der Waals surface area contributed by atoms with E-state index in [9.17, 15) is 4.79 Å². The third-order valence-electron chi connectivity index (χ3n) is 2.33. The van der Waals surface area contributed by atoms with Crippen molar-refractivity contribution in [2.75, 3.05) is 0 Å². The molecule has 0 bridgehead atoms. The summed E-state index contributed by atoms with van der Waals surface area (Å²) < 4.78 is 0. The van der Waals surface area contributed by atoms with E-state index in [0.29, 0.717) is 0 Å². The summed E-state index contributed by atoms with van der Waals surface area (Å²) in [6, 6.07) is 9.41. The molecule has 0 amide bonds. The van der Waals surface area contributed by atoms with Crippen LogP contribution >= 0.6 is 0 Å². The van der Waals surface area contributed by atoms with E-state index in [1.807, 2.05) is 43.3 Å². The first kappa shape index (κ1) is 13.7. The largest absolute Gasteiger partial charge is 0.294 e. The van der Waals surface area contributed by atoms with E-state index < -0.39 is 8.07 Å². The maximum atomic E-state index is 12.0. The topological polar surface area (TPSA) is 17.1 Å². The van der Waals surface area contributed by atoms with Gasteiger partial charge in [0.25, 0.3) is 0 Å². The molecule has 0 aliphatic carbocycles. The van der Waals surface area contributed by atoms with Crippen molar-refractivity contribution >= 4 is 13.9 Å². The second kappa shape index (κ2) is 5.81. The first-order valence-electron chi connectivity index (χ1n) is 5.93. The highest BCUT2D eigenvalue weighted by atomic mass is 28.3. The van der Waals surface area contributed by atoms with E-state index >= 15 is 0 Å². The first-order valence-corrected chi connectivity index (χ1v) is 9.51. The van der Waals surface area contributed by atoms with Gasteiger partial charge in [-0.05, 0) is 6.08 Å². The van der Waals surface area contributed by atoms with Crippen LogP contribution in [0.25, 0.3) is 0 Å². The molecule has 0 spiro atoms. The minimum absolute atomic E-state index is 0.106. The van der Waals surface area contributed by atoms with Crippen LogP contribution in [0.1, 0.15) is 17.3 Å². The predicted octanol–water partition coefficient (Wildman–Crippen LogP) is 4.09. The molecular formula is C15H20OSi. The molecule has 17 heavy (non-hydrogen) atoms. The molecule has 0 saturated heterocycles. The van der Waals surface area contributed by atoms with E-state index in [1.165, 1.54) is 0 Å². The molecule has 90 valence electrons. The van der Waals surface area contributed by atoms with Gasteiger partial charge in [0.1, 0.15) is 0 Å². The molecule has 0 aliphatic rings. The van der Waals surface area contributed by atoms with Crippen molar-refractivity contribution in [3.05, 3.63) is 53.4 Å². The van der Waals surface area contributed by atoms with Crippen molar-refractivity contribution in [3.63, 3.8) is 0 Å². The first-order chi connectivity index (χ1) is 7.90. The SMILES string of the molecule is C[C@@H](C=C=C[Si](C)(C)C)C(=O)c1ccccc1. The van der Waals surface area contributed by atoms with Gasteiger partial charge in [0, 0.05) is 11.5 Å². The van der Waals surface area contributed by atoms with Crippen LogP contribution in [0.15, 0.2) is 47.8 Å². The normalized spacial score (nSPS) is 12.5. The van der Waals surface area contributed by atoms with Crippen molar-refractivity contribution in [2.24, 2.45) is 5.92 Å². The summed E-state index contributed by atoms with van der Waals surface area (Å²) in [5, 5.41) is 0. The zero-order chi connectivity index (χ0) is 12.9. The van der Waals surface area contributed by atoms with Gasteiger partial charge in [-0.1, -0.05) is 62.6 Å². The van der Waals surface area contributed by atoms with Crippen LogP contribution in [-0.4, -0.2) is 13.9 Å². The van der Waals surface area contributed by atoms with Gasteiger partial charge in [0.15, 0.2) is 5.78 Å². The number of ketones is 1. The van der Waals surface area contributed by atoms with Crippen LogP contribution in [-0.2, 0) is 0 Å². The molecule has 2 heteroatoms. The smallest absolute Gasteiger partial charge is 0.170 e. The summed E-state index contributed by atoms with van der Waals surface area (Å²) in [6.45, 7) is 8.66. The van der Waals surface area contributed by atoms with E-state index in [4.69, 9.17) is 0 Å². The number of rotatable bonds is 4. The molecule has 0 N–H and O–H groups in total. The van der Waals surface area contributed by atoms with Crippen molar-refractivity contribution in [2.45, 2.75) is 26.6 Å². The Balaban J connectivity index is 2.76. The van der Waals surface area contributed by atoms with Gasteiger partial charge in [-0.15, -0.1) is 5.73 Å². The molecule has 1 aromatic rings. The molecule has 0 aliphatic heterocycles. The molecule has 1 nitrogen and oxygen atoms in total. The van der Waals surface area contributed by atoms with Gasteiger partial charge < -0.3 is 0 Å². The fourth-order valence-corrected chi connectivity index (χ4v) is 1.98. The zero-order valence-electron chi connectivity index (χ0n) is 11.0. The maximum Gasteiger partial charge on any atom is 0.170 e. The van der Waals surface area contributed by atoms with Gasteiger partial charge in [0.05, 0.1) is 8.07 Å². The predicted molar refractivity (Wildman–Crippen MR) is 75.9 cm³/mol. The third kappa shape index (κ3) is 4.99. The third-order valence-corrected chi connectivity index (χ3v) is 3.37. The number of Topliss-reactive ketones (excluding diaryl/α,β-unsaturated/α-hetero) is 1. The lowest BCUT2D eigenvalue weighted by Crippen LogP contribution is -2.15. The Hall–Kier alpha value is -1.37. The van der Waals surface area contributed by atoms with Crippen molar-refractivity contribution < 1.29 is 4.79 Å². The molecule has 0 heterocycles. The van der Waals surface area contributed by atoms with Crippen LogP contribution in [0.2, 0.25) is 19.6 Å². The van der Waals surface area contributed by atoms with E-state index in [0.717, 1.165) is 5.56 Å². The van der Waals surface area contributed by atoms with Crippen molar-refractivity contribution in [3.8, 4) is 0 Å². The van der Waals surface area contributed by atoms with E-state index in [-0.39, 0.29) is 11.7 Å². The minimum Gasteiger partial charge on any atom is -0.294 e. The monoisotopic (exact) mass is 244 g/mol. The van der Waals surface area contributed by atoms with Gasteiger partial charge >= 0.3 is 0 Å². The molecule has 0 radical (unpaired) electrons. The lowest BCUT2D eigenvalue weighted by Gasteiger charge is -2.06. The highest BCUT2D eigenvalue weighted by molar-refractivity contribution is 6.80. The molecule has 0 aromatic heterocycles. The second-order valence-corrected chi connectivity index (χ2v) is 10.4. The van der Waals surface area contributed by atoms with E-state index in [2.05, 4.69) is 31.1 Å². The average Bonchev–Trinajstić information content (AvgIpc) is 2.27. The van der Waals surface area contributed by atoms with Gasteiger partial charge in [-0.3, -0.25) is 4.79 Å². The number of carbonyl (C=O) groups is 1. The van der Waals surface area contributed by atoms with Gasteiger partial charge in [0.2, 0.25) is 0 Å². The molecule has 1 atom stereocenters. The lowest BCUT2D eigenvalue weighted by atomic mass is 10.00. The zero-order valence-corrected chi connectivity index (χ0v) is 12.0. The summed E-state index contributed by atoms with van der Waals surface area (Å²) in [4.78, 5) is 12.0. The molecule has 0 fully saturated rings. The van der Waals surface area contributed by atoms with Gasteiger partial charge in [-0.25, -0.2) is 0 Å². The lowest BCUT2D eigenvalue weighted by molar-refractivity contribution is 0.0953. The average molecular weight is 244 g/mol. The Bertz CT molecular complexity index is 434. The summed E-state index contributed by atoms with van der Waals surface area (Å²) in [7, 11) is -1.22. The molecule has 0 saturated carbocycles. The highest BCUT2D eigenvalue weighted by Crippen LogP contribution is 2.09. The fraction of sp³-hybridized carbons (Fsp3) is 0.333. The maximum absolute atomic E-state index is 12.0. The fourth-order valence-electron chi connectivity index (χ4n) is 1.38. The van der Waals surface area contributed by atoms with Crippen molar-refractivity contribution in [1.29, 1.82) is 0 Å². The summed E-state index contributed by atoms with van der Waals surface area (Å²) in [6.07, 6.45) is 1.87. The Kier molecular flexibility index (Phi) is 4.68. The number of benzene rings is 1. The Morgan fingerprint density at radius 1 is 1.24 bits per heavy atom. The van der Waals surface area contributed by atoms with Crippen LogP contribution in [0.4, 0.5) is 0 Å². The summed E-state index contributed by atoms with van der Waals surface area (Å²) in [5.41, 5.74) is 6.06. The van der Waals surface area contributed by atoms with Crippen molar-refractivity contribution in [1.82, 2.24) is 0 Å². The molecule has 1 rings (SSSR count). The van der Waals surface area contributed by atoms with Crippen LogP contribution in [0, 0.1) is 5.92 Å².